The number of nitrogens with two attached hydrogens (primary N) is 1. The molecule has 25 heavy (non-hydrogen) atoms. The number of benzene rings is 1. The number of carbonyl (C=O) groups is 2. The van der Waals surface area contributed by atoms with E-state index in [4.69, 9.17) is 15.2 Å². The van der Waals surface area contributed by atoms with Gasteiger partial charge in [0, 0.05) is 5.69 Å². The van der Waals surface area contributed by atoms with Gasteiger partial charge in [0.2, 0.25) is 0 Å². The van der Waals surface area contributed by atoms with E-state index in [9.17, 15) is 9.59 Å². The summed E-state index contributed by atoms with van der Waals surface area (Å²) in [4.78, 5) is 26.2. The Morgan fingerprint density at radius 1 is 1.28 bits per heavy atom. The first kappa shape index (κ1) is 17.5. The Bertz CT molecular complexity index is 646. The summed E-state index contributed by atoms with van der Waals surface area (Å²) >= 11 is 0. The molecule has 0 saturated carbocycles. The van der Waals surface area contributed by atoms with Crippen LogP contribution in [0.15, 0.2) is 18.2 Å². The van der Waals surface area contributed by atoms with Crippen LogP contribution in [0.1, 0.15) is 23.2 Å². The van der Waals surface area contributed by atoms with Crippen molar-refractivity contribution in [3.05, 3.63) is 23.8 Å². The van der Waals surface area contributed by atoms with Gasteiger partial charge in [-0.05, 0) is 44.1 Å². The zero-order valence-corrected chi connectivity index (χ0v) is 14.3. The van der Waals surface area contributed by atoms with E-state index in [1.54, 1.807) is 12.1 Å². The van der Waals surface area contributed by atoms with Crippen molar-refractivity contribution in [3.8, 4) is 5.75 Å². The van der Waals surface area contributed by atoms with Crippen molar-refractivity contribution in [1.29, 1.82) is 0 Å². The van der Waals surface area contributed by atoms with Gasteiger partial charge in [-0.1, -0.05) is 0 Å². The molecule has 4 N–H and O–H groups in total. The second-order valence-corrected chi connectivity index (χ2v) is 6.33. The number of rotatable bonds is 5. The van der Waals surface area contributed by atoms with Crippen molar-refractivity contribution >= 4 is 17.6 Å². The van der Waals surface area contributed by atoms with Gasteiger partial charge in [-0.2, -0.15) is 0 Å². The van der Waals surface area contributed by atoms with E-state index in [2.05, 4.69) is 15.5 Å². The molecule has 0 unspecified atom stereocenters. The molecule has 2 aliphatic heterocycles. The number of nitrogens with one attached hydrogen (secondary N) is 2. The van der Waals surface area contributed by atoms with Gasteiger partial charge in [-0.15, -0.1) is 0 Å². The fourth-order valence-electron chi connectivity index (χ4n) is 3.43. The lowest BCUT2D eigenvalue weighted by molar-refractivity contribution is 0.0997. The molecule has 0 aliphatic carbocycles. The average Bonchev–Trinajstić information content (AvgIpc) is 3.25. The molecule has 8 nitrogen and oxygen atoms in total. The van der Waals surface area contributed by atoms with Crippen LogP contribution in [0.25, 0.3) is 0 Å². The number of primary amides is 1. The van der Waals surface area contributed by atoms with E-state index >= 15 is 0 Å². The highest BCUT2D eigenvalue weighted by Crippen LogP contribution is 2.23. The van der Waals surface area contributed by atoms with E-state index in [0.29, 0.717) is 24.7 Å². The maximum atomic E-state index is 12.3. The first-order valence-corrected chi connectivity index (χ1v) is 8.45. The van der Waals surface area contributed by atoms with E-state index in [1.165, 1.54) is 26.0 Å². The highest BCUT2D eigenvalue weighted by molar-refractivity contribution is 5.98. The van der Waals surface area contributed by atoms with Gasteiger partial charge in [0.25, 0.3) is 5.91 Å². The van der Waals surface area contributed by atoms with Crippen LogP contribution in [0, 0.1) is 0 Å². The number of likely N-dealkylation sites (tertiary alicyclic amines) is 1. The van der Waals surface area contributed by atoms with Crippen LogP contribution in [-0.4, -0.2) is 62.3 Å². The first-order valence-electron chi connectivity index (χ1n) is 8.45. The predicted molar refractivity (Wildman–Crippen MR) is 92.9 cm³/mol. The Balaban J connectivity index is 1.62. The second-order valence-electron chi connectivity index (χ2n) is 6.33. The molecule has 2 aliphatic rings. The number of hydrogen-bond acceptors (Lipinski definition) is 5. The number of anilines is 1. The molecule has 1 aromatic carbocycles. The van der Waals surface area contributed by atoms with Crippen LogP contribution >= 0.6 is 0 Å². The third-order valence-corrected chi connectivity index (χ3v) is 4.70. The number of methoxy groups -OCH3 is 1. The molecule has 3 rings (SSSR count). The molecule has 136 valence electrons. The third-order valence-electron chi connectivity index (χ3n) is 4.70. The predicted octanol–water partition coefficient (Wildman–Crippen LogP) is 0.779. The summed E-state index contributed by atoms with van der Waals surface area (Å²) in [5.74, 6) is -0.240. The smallest absolute Gasteiger partial charge is 0.319 e. The summed E-state index contributed by atoms with van der Waals surface area (Å²) in [6, 6.07) is 4.59. The third kappa shape index (κ3) is 4.02. The molecule has 0 bridgehead atoms. The monoisotopic (exact) mass is 348 g/mol. The van der Waals surface area contributed by atoms with Crippen LogP contribution in [0.5, 0.6) is 5.75 Å². The van der Waals surface area contributed by atoms with E-state index in [0.717, 1.165) is 13.1 Å². The Hall–Kier alpha value is -2.32. The van der Waals surface area contributed by atoms with Crippen LogP contribution in [0.3, 0.4) is 0 Å². The minimum absolute atomic E-state index is 0.0491. The van der Waals surface area contributed by atoms with E-state index in [1.807, 2.05) is 0 Å². The van der Waals surface area contributed by atoms with Crippen LogP contribution in [0.2, 0.25) is 0 Å². The molecular weight excluding hydrogens is 324 g/mol. The van der Waals surface area contributed by atoms with Crippen LogP contribution in [0.4, 0.5) is 10.5 Å². The van der Waals surface area contributed by atoms with Crippen molar-refractivity contribution in [1.82, 2.24) is 10.2 Å². The number of amides is 3. The Morgan fingerprint density at radius 2 is 2.04 bits per heavy atom. The summed E-state index contributed by atoms with van der Waals surface area (Å²) < 4.78 is 10.6. The van der Waals surface area contributed by atoms with Gasteiger partial charge < -0.3 is 25.8 Å². The molecule has 2 atom stereocenters. The highest BCUT2D eigenvalue weighted by atomic mass is 16.5. The Morgan fingerprint density at radius 3 is 2.72 bits per heavy atom. The van der Waals surface area contributed by atoms with Gasteiger partial charge in [0.05, 0.1) is 38.0 Å². The highest BCUT2D eigenvalue weighted by Gasteiger charge is 2.35. The molecule has 8 heteroatoms. The average molecular weight is 348 g/mol. The lowest BCUT2D eigenvalue weighted by Gasteiger charge is -2.27. The number of ether oxygens (including phenoxy) is 2. The number of hydrogen-bond donors (Lipinski definition) is 3. The molecule has 0 radical (unpaired) electrons. The van der Waals surface area contributed by atoms with Gasteiger partial charge >= 0.3 is 6.03 Å². The topological polar surface area (TPSA) is 106 Å². The summed E-state index contributed by atoms with van der Waals surface area (Å²) in [5.41, 5.74) is 6.04. The molecular formula is C17H24N4O4. The lowest BCUT2D eigenvalue weighted by atomic mass is 10.1. The van der Waals surface area contributed by atoms with Crippen LogP contribution < -0.4 is 21.1 Å². The quantitative estimate of drug-likeness (QED) is 0.729. The molecule has 2 fully saturated rings. The Labute approximate surface area is 146 Å². The zero-order valence-electron chi connectivity index (χ0n) is 14.3. The standard InChI is InChI=1S/C17H24N4O4/c1-24-15-5-4-11(8-12(15)16(18)22)19-17(23)20-13-9-25-10-14(13)21-6-2-3-7-21/h4-5,8,13-14H,2-3,6-7,9-10H2,1H3,(H2,18,22)(H2,19,20,23)/t13-,14-/m0/s1. The second kappa shape index (κ2) is 7.71. The van der Waals surface area contributed by atoms with Crippen molar-refractivity contribution < 1.29 is 19.1 Å². The summed E-state index contributed by atoms with van der Waals surface area (Å²) in [6.45, 7) is 3.24. The van der Waals surface area contributed by atoms with Crippen molar-refractivity contribution in [2.24, 2.45) is 5.73 Å². The number of nitrogens with zero attached hydrogens (tertiary/aromatic N) is 1. The largest absolute Gasteiger partial charge is 0.496 e. The molecule has 2 saturated heterocycles. The summed E-state index contributed by atoms with van der Waals surface area (Å²) in [6.07, 6.45) is 2.38. The van der Waals surface area contributed by atoms with Crippen molar-refractivity contribution in [2.45, 2.75) is 24.9 Å². The maximum absolute atomic E-state index is 12.3. The van der Waals surface area contributed by atoms with Gasteiger partial charge in [0.15, 0.2) is 0 Å². The maximum Gasteiger partial charge on any atom is 0.319 e. The summed E-state index contributed by atoms with van der Waals surface area (Å²) in [5, 5.41) is 5.71. The zero-order chi connectivity index (χ0) is 17.8. The molecule has 0 spiro atoms. The fourth-order valence-corrected chi connectivity index (χ4v) is 3.43. The van der Waals surface area contributed by atoms with Gasteiger partial charge in [-0.3, -0.25) is 9.69 Å². The molecule has 0 aromatic heterocycles. The van der Waals surface area contributed by atoms with Gasteiger partial charge in [-0.25, -0.2) is 4.79 Å². The van der Waals surface area contributed by atoms with E-state index in [-0.39, 0.29) is 23.7 Å². The van der Waals surface area contributed by atoms with Gasteiger partial charge in [0.1, 0.15) is 5.75 Å². The fraction of sp³-hybridized carbons (Fsp3) is 0.529. The normalized spacial score (nSPS) is 23.4. The SMILES string of the molecule is COc1ccc(NC(=O)N[C@H]2COC[C@@H]2N2CCCC2)cc1C(N)=O. The van der Waals surface area contributed by atoms with Crippen molar-refractivity contribution in [3.63, 3.8) is 0 Å². The van der Waals surface area contributed by atoms with E-state index < -0.39 is 5.91 Å². The number of urea groups is 1. The molecule has 3 amide bonds. The minimum atomic E-state index is -0.612. The first-order chi connectivity index (χ1) is 12.1. The minimum Gasteiger partial charge on any atom is -0.496 e. The molecule has 2 heterocycles. The summed E-state index contributed by atoms with van der Waals surface area (Å²) in [7, 11) is 1.46. The number of carbonyl (C=O) groups excluding carboxylic acids is 2. The Kier molecular flexibility index (Phi) is 5.40. The lowest BCUT2D eigenvalue weighted by Crippen LogP contribution is -2.51. The molecule has 1 aromatic rings. The van der Waals surface area contributed by atoms with Crippen molar-refractivity contribution in [2.75, 3.05) is 38.7 Å². The van der Waals surface area contributed by atoms with Crippen LogP contribution in [-0.2, 0) is 4.74 Å².